The topological polar surface area (TPSA) is 0 Å². The summed E-state index contributed by atoms with van der Waals surface area (Å²) in [5.41, 5.74) is 0. The van der Waals surface area contributed by atoms with E-state index >= 15 is 0 Å². The zero-order valence-electron chi connectivity index (χ0n) is 4.44. The minimum Gasteiger partial charge on any atom is -0.0654 e. The van der Waals surface area contributed by atoms with Crippen molar-refractivity contribution in [2.45, 2.75) is 33.1 Å². The summed E-state index contributed by atoms with van der Waals surface area (Å²) in [6.45, 7) is 4.42. The molecule has 0 rings (SSSR count). The molecule has 0 aliphatic rings. The van der Waals surface area contributed by atoms with E-state index in [1.54, 1.807) is 0 Å². The van der Waals surface area contributed by atoms with Crippen molar-refractivity contribution in [3.63, 3.8) is 0 Å². The van der Waals surface area contributed by atoms with Crippen LogP contribution in [0.2, 0.25) is 0 Å². The Morgan fingerprint density at radius 2 is 1.33 bits per heavy atom. The third-order valence-electron chi connectivity index (χ3n) is 0.707. The van der Waals surface area contributed by atoms with E-state index in [1.807, 2.05) is 0 Å². The molecule has 42 valence electrons. The molecule has 0 saturated heterocycles. The van der Waals surface area contributed by atoms with Crippen LogP contribution in [0.1, 0.15) is 33.1 Å². The SMILES string of the molecule is CCCCC.[Pt]. The van der Waals surface area contributed by atoms with Gasteiger partial charge in [-0.1, -0.05) is 33.1 Å². The third-order valence-corrected chi connectivity index (χ3v) is 0.707. The van der Waals surface area contributed by atoms with E-state index in [9.17, 15) is 0 Å². The van der Waals surface area contributed by atoms with E-state index < -0.39 is 0 Å². The maximum absolute atomic E-state index is 2.21. The Morgan fingerprint density at radius 1 is 1.00 bits per heavy atom. The molecule has 0 nitrogen and oxygen atoms in total. The van der Waals surface area contributed by atoms with Crippen LogP contribution in [-0.4, -0.2) is 0 Å². The van der Waals surface area contributed by atoms with Crippen LogP contribution >= 0.6 is 0 Å². The fraction of sp³-hybridized carbons (Fsp3) is 1.00. The Labute approximate surface area is 54.6 Å². The molecule has 0 unspecified atom stereocenters. The van der Waals surface area contributed by atoms with E-state index in [-0.39, 0.29) is 21.1 Å². The van der Waals surface area contributed by atoms with Crippen LogP contribution in [0, 0.1) is 0 Å². The van der Waals surface area contributed by atoms with Crippen molar-refractivity contribution in [1.29, 1.82) is 0 Å². The van der Waals surface area contributed by atoms with Crippen LogP contribution < -0.4 is 0 Å². The van der Waals surface area contributed by atoms with Gasteiger partial charge in [0.15, 0.2) is 0 Å². The van der Waals surface area contributed by atoms with Crippen LogP contribution in [0.25, 0.3) is 0 Å². The van der Waals surface area contributed by atoms with Crippen molar-refractivity contribution in [2.24, 2.45) is 0 Å². The van der Waals surface area contributed by atoms with Crippen molar-refractivity contribution in [1.82, 2.24) is 0 Å². The quantitative estimate of drug-likeness (QED) is 0.719. The van der Waals surface area contributed by atoms with Crippen LogP contribution in [-0.2, 0) is 21.1 Å². The van der Waals surface area contributed by atoms with Crippen molar-refractivity contribution in [3.05, 3.63) is 0 Å². The van der Waals surface area contributed by atoms with Crippen molar-refractivity contribution in [3.8, 4) is 0 Å². The first-order valence-corrected chi connectivity index (χ1v) is 2.41. The summed E-state index contributed by atoms with van der Waals surface area (Å²) >= 11 is 0. The molecule has 0 aromatic heterocycles. The molecular formula is C5H12Pt. The van der Waals surface area contributed by atoms with Gasteiger partial charge in [-0.2, -0.15) is 0 Å². The molecule has 0 spiro atoms. The van der Waals surface area contributed by atoms with Crippen LogP contribution in [0.5, 0.6) is 0 Å². The molecule has 0 saturated carbocycles. The van der Waals surface area contributed by atoms with Gasteiger partial charge in [0.05, 0.1) is 0 Å². The number of rotatable bonds is 2. The van der Waals surface area contributed by atoms with Gasteiger partial charge in [0.1, 0.15) is 0 Å². The standard InChI is InChI=1S/C5H12.Pt/c1-3-5-4-2;/h3-5H2,1-2H3;. The van der Waals surface area contributed by atoms with Crippen LogP contribution in [0.4, 0.5) is 0 Å². The molecule has 0 N–H and O–H groups in total. The Morgan fingerprint density at radius 3 is 1.33 bits per heavy atom. The van der Waals surface area contributed by atoms with Gasteiger partial charge in [-0.15, -0.1) is 0 Å². The second-order valence-electron chi connectivity index (χ2n) is 1.35. The van der Waals surface area contributed by atoms with E-state index in [1.165, 1.54) is 19.3 Å². The van der Waals surface area contributed by atoms with Gasteiger partial charge in [-0.3, -0.25) is 0 Å². The second kappa shape index (κ2) is 9.19. The molecule has 0 aliphatic carbocycles. The first kappa shape index (κ1) is 9.85. The Balaban J connectivity index is 0. The summed E-state index contributed by atoms with van der Waals surface area (Å²) < 4.78 is 0. The van der Waals surface area contributed by atoms with Crippen LogP contribution in [0.3, 0.4) is 0 Å². The first-order chi connectivity index (χ1) is 2.41. The molecular weight excluding hydrogens is 255 g/mol. The molecule has 0 aliphatic heterocycles. The molecule has 0 aromatic carbocycles. The van der Waals surface area contributed by atoms with E-state index in [4.69, 9.17) is 0 Å². The maximum Gasteiger partial charge on any atom is 0 e. The Hall–Kier alpha value is 0.688. The predicted molar refractivity (Wildman–Crippen MR) is 25.2 cm³/mol. The molecule has 0 amide bonds. The normalized spacial score (nSPS) is 7.00. The minimum absolute atomic E-state index is 0. The molecule has 0 atom stereocenters. The second-order valence-corrected chi connectivity index (χ2v) is 1.35. The van der Waals surface area contributed by atoms with Gasteiger partial charge in [-0.05, 0) is 0 Å². The van der Waals surface area contributed by atoms with Gasteiger partial charge >= 0.3 is 0 Å². The summed E-state index contributed by atoms with van der Waals surface area (Å²) in [5, 5.41) is 0. The van der Waals surface area contributed by atoms with Crippen molar-refractivity contribution < 1.29 is 21.1 Å². The zero-order valence-corrected chi connectivity index (χ0v) is 6.71. The molecule has 0 bridgehead atoms. The van der Waals surface area contributed by atoms with E-state index in [0.29, 0.717) is 0 Å². The summed E-state index contributed by atoms with van der Waals surface area (Å²) in [6.07, 6.45) is 4.08. The molecule has 1 heteroatoms. The largest absolute Gasteiger partial charge is 0.0654 e. The van der Waals surface area contributed by atoms with Gasteiger partial charge in [0.2, 0.25) is 0 Å². The van der Waals surface area contributed by atoms with Crippen molar-refractivity contribution in [2.75, 3.05) is 0 Å². The molecule has 0 heterocycles. The fourth-order valence-corrected chi connectivity index (χ4v) is 0.354. The average Bonchev–Trinajstić information content (AvgIpc) is 1.41. The Kier molecular flexibility index (Phi) is 15.1. The monoisotopic (exact) mass is 267 g/mol. The molecule has 6 heavy (non-hydrogen) atoms. The van der Waals surface area contributed by atoms with Gasteiger partial charge in [0, 0.05) is 21.1 Å². The van der Waals surface area contributed by atoms with Gasteiger partial charge in [-0.25, -0.2) is 0 Å². The maximum atomic E-state index is 2.21. The summed E-state index contributed by atoms with van der Waals surface area (Å²) in [6, 6.07) is 0. The predicted octanol–water partition coefficient (Wildman–Crippen LogP) is 2.19. The summed E-state index contributed by atoms with van der Waals surface area (Å²) in [4.78, 5) is 0. The smallest absolute Gasteiger partial charge is 0 e. The molecule has 0 aromatic rings. The van der Waals surface area contributed by atoms with Crippen LogP contribution in [0.15, 0.2) is 0 Å². The number of unbranched alkanes of at least 4 members (excludes halogenated alkanes) is 2. The fourth-order valence-electron chi connectivity index (χ4n) is 0.354. The van der Waals surface area contributed by atoms with Crippen molar-refractivity contribution >= 4 is 0 Å². The summed E-state index contributed by atoms with van der Waals surface area (Å²) in [5.74, 6) is 0. The zero-order chi connectivity index (χ0) is 4.12. The first-order valence-electron chi connectivity index (χ1n) is 2.41. The minimum atomic E-state index is 0. The van der Waals surface area contributed by atoms with E-state index in [0.717, 1.165) is 0 Å². The van der Waals surface area contributed by atoms with Gasteiger partial charge < -0.3 is 0 Å². The summed E-state index contributed by atoms with van der Waals surface area (Å²) in [7, 11) is 0. The molecule has 0 radical (unpaired) electrons. The van der Waals surface area contributed by atoms with Gasteiger partial charge in [0.25, 0.3) is 0 Å². The number of hydrogen-bond donors (Lipinski definition) is 0. The molecule has 0 fully saturated rings. The van der Waals surface area contributed by atoms with E-state index in [2.05, 4.69) is 13.8 Å². The number of hydrogen-bond acceptors (Lipinski definition) is 0. The average molecular weight is 267 g/mol. The third kappa shape index (κ3) is 8.82. The Bertz CT molecular complexity index is 11.4.